The average Bonchev–Trinajstić information content (AvgIpc) is 0.722. The SMILES string of the molecule is O=S(=O)([O-])[O-].[Mo].[Ni+2]. The van der Waals surface area contributed by atoms with E-state index in [4.69, 9.17) is 17.5 Å². The molecule has 0 aliphatic carbocycles. The van der Waals surface area contributed by atoms with Gasteiger partial charge in [0.05, 0.1) is 0 Å². The third-order valence-electron chi connectivity index (χ3n) is 0. The molecule has 4 nitrogen and oxygen atoms in total. The number of hydrogen-bond donors (Lipinski definition) is 0. The van der Waals surface area contributed by atoms with Crippen LogP contribution < -0.4 is 0 Å². The zero-order valence-corrected chi connectivity index (χ0v) is 6.58. The van der Waals surface area contributed by atoms with Gasteiger partial charge in [-0.25, -0.2) is 0 Å². The first kappa shape index (κ1) is 15.7. The van der Waals surface area contributed by atoms with Gasteiger partial charge in [-0.2, -0.15) is 0 Å². The summed E-state index contributed by atoms with van der Waals surface area (Å²) in [5.41, 5.74) is 0. The summed E-state index contributed by atoms with van der Waals surface area (Å²) >= 11 is 0. The van der Waals surface area contributed by atoms with Crippen LogP contribution in [0.4, 0.5) is 0 Å². The van der Waals surface area contributed by atoms with Gasteiger partial charge in [0.1, 0.15) is 0 Å². The average molecular weight is 251 g/mol. The first-order valence-electron chi connectivity index (χ1n) is 0.667. The van der Waals surface area contributed by atoms with E-state index in [0.29, 0.717) is 0 Å². The molecule has 0 aliphatic heterocycles. The molecule has 0 aliphatic rings. The first-order chi connectivity index (χ1) is 2.00. The Kier molecular flexibility index (Phi) is 11.6. The van der Waals surface area contributed by atoms with Crippen molar-refractivity contribution in [3.05, 3.63) is 0 Å². The van der Waals surface area contributed by atoms with Crippen molar-refractivity contribution in [1.29, 1.82) is 0 Å². The molecule has 0 saturated carbocycles. The van der Waals surface area contributed by atoms with Crippen LogP contribution in [0.25, 0.3) is 0 Å². The van der Waals surface area contributed by atoms with E-state index < -0.39 is 10.4 Å². The van der Waals surface area contributed by atoms with Crippen molar-refractivity contribution in [2.45, 2.75) is 0 Å². The van der Waals surface area contributed by atoms with Crippen molar-refractivity contribution in [2.24, 2.45) is 0 Å². The van der Waals surface area contributed by atoms with Gasteiger partial charge in [-0.3, -0.25) is 8.42 Å². The Labute approximate surface area is 65.4 Å². The minimum absolute atomic E-state index is 0. The van der Waals surface area contributed by atoms with Crippen LogP contribution in [0.2, 0.25) is 0 Å². The first-order valence-corrected chi connectivity index (χ1v) is 2.00. The van der Waals surface area contributed by atoms with Gasteiger partial charge in [-0.1, -0.05) is 0 Å². The summed E-state index contributed by atoms with van der Waals surface area (Å²) in [5, 5.41) is 0. The van der Waals surface area contributed by atoms with Gasteiger partial charge in [0.25, 0.3) is 0 Å². The Balaban J connectivity index is -0.0000000800. The molecule has 7 heteroatoms. The maximum atomic E-state index is 8.52. The smallest absolute Gasteiger partial charge is 0.759 e. The number of rotatable bonds is 0. The molecule has 0 spiro atoms. The Morgan fingerprint density at radius 3 is 1.14 bits per heavy atom. The molecule has 0 N–H and O–H groups in total. The molecule has 0 rings (SSSR count). The van der Waals surface area contributed by atoms with Gasteiger partial charge in [-0.05, 0) is 0 Å². The molecule has 0 fully saturated rings. The summed E-state index contributed by atoms with van der Waals surface area (Å²) in [4.78, 5) is 0. The molecule has 0 radical (unpaired) electrons. The van der Waals surface area contributed by atoms with E-state index >= 15 is 0 Å². The minimum atomic E-state index is -5.17. The summed E-state index contributed by atoms with van der Waals surface area (Å²) in [6.45, 7) is 0. The zero-order chi connectivity index (χ0) is 4.50. The summed E-state index contributed by atoms with van der Waals surface area (Å²) < 4.78 is 34.1. The summed E-state index contributed by atoms with van der Waals surface area (Å²) in [6, 6.07) is 0. The zero-order valence-electron chi connectivity index (χ0n) is 2.77. The molecule has 0 heterocycles. The maximum Gasteiger partial charge on any atom is 2.00 e. The van der Waals surface area contributed by atoms with E-state index in [0.717, 1.165) is 0 Å². The third kappa shape index (κ3) is 163. The van der Waals surface area contributed by atoms with Crippen LogP contribution in [0.5, 0.6) is 0 Å². The van der Waals surface area contributed by atoms with Crippen molar-refractivity contribution < 1.29 is 55.1 Å². The molecule has 46 valence electrons. The predicted octanol–water partition coefficient (Wildman–Crippen LogP) is -1.34. The van der Waals surface area contributed by atoms with Crippen molar-refractivity contribution in [3.63, 3.8) is 0 Å². The molecule has 7 heavy (non-hydrogen) atoms. The Hall–Kier alpha value is 1.05. The second-order valence-corrected chi connectivity index (χ2v) is 1.22. The van der Waals surface area contributed by atoms with E-state index in [-0.39, 0.29) is 37.6 Å². The van der Waals surface area contributed by atoms with E-state index in [1.54, 1.807) is 0 Å². The van der Waals surface area contributed by atoms with Crippen molar-refractivity contribution in [3.8, 4) is 0 Å². The van der Waals surface area contributed by atoms with Crippen LogP contribution in [-0.2, 0) is 48.0 Å². The standard InChI is InChI=1S/Mo.Ni.H2O4S/c;;1-5(2,3)4/h;;(H2,1,2,3,4)/q;+2;/p-2. The van der Waals surface area contributed by atoms with Gasteiger partial charge >= 0.3 is 16.5 Å². The summed E-state index contributed by atoms with van der Waals surface area (Å²) in [7, 11) is -5.17. The van der Waals surface area contributed by atoms with E-state index in [1.165, 1.54) is 0 Å². The maximum absolute atomic E-state index is 8.52. The van der Waals surface area contributed by atoms with Crippen molar-refractivity contribution >= 4 is 10.4 Å². The number of hydrogen-bond acceptors (Lipinski definition) is 4. The van der Waals surface area contributed by atoms with Gasteiger partial charge in [0.15, 0.2) is 0 Å². The topological polar surface area (TPSA) is 80.3 Å². The summed E-state index contributed by atoms with van der Waals surface area (Å²) in [6.07, 6.45) is 0. The van der Waals surface area contributed by atoms with Crippen LogP contribution >= 0.6 is 0 Å². The second-order valence-electron chi connectivity index (χ2n) is 0.408. The molecule has 0 aromatic rings. The van der Waals surface area contributed by atoms with Crippen molar-refractivity contribution in [2.75, 3.05) is 0 Å². The fourth-order valence-corrected chi connectivity index (χ4v) is 0. The largest absolute Gasteiger partial charge is 2.00 e. The normalized spacial score (nSPS) is 8.29. The molecule has 0 amide bonds. The molecule has 0 saturated heterocycles. The fraction of sp³-hybridized carbons (Fsp3) is 0. The minimum Gasteiger partial charge on any atom is -0.759 e. The van der Waals surface area contributed by atoms with Crippen LogP contribution in [0.15, 0.2) is 0 Å². The Morgan fingerprint density at radius 1 is 1.14 bits per heavy atom. The van der Waals surface area contributed by atoms with Crippen molar-refractivity contribution in [1.82, 2.24) is 0 Å². The van der Waals surface area contributed by atoms with Crippen LogP contribution in [-0.4, -0.2) is 17.5 Å². The fourth-order valence-electron chi connectivity index (χ4n) is 0. The van der Waals surface area contributed by atoms with E-state index in [9.17, 15) is 0 Å². The summed E-state index contributed by atoms with van der Waals surface area (Å²) in [5.74, 6) is 0. The molecule has 0 atom stereocenters. The van der Waals surface area contributed by atoms with Crippen LogP contribution in [0.3, 0.4) is 0 Å². The van der Waals surface area contributed by atoms with Gasteiger partial charge in [0, 0.05) is 31.5 Å². The van der Waals surface area contributed by atoms with Gasteiger partial charge in [-0.15, -0.1) is 0 Å². The third-order valence-corrected chi connectivity index (χ3v) is 0. The molecule has 0 aromatic carbocycles. The predicted molar refractivity (Wildman–Crippen MR) is 10.5 cm³/mol. The van der Waals surface area contributed by atoms with Crippen LogP contribution in [0.1, 0.15) is 0 Å². The Morgan fingerprint density at radius 2 is 1.14 bits per heavy atom. The van der Waals surface area contributed by atoms with E-state index in [2.05, 4.69) is 0 Å². The second kappa shape index (κ2) is 5.19. The Bertz CT molecular complexity index is 94.9. The molecule has 0 bridgehead atoms. The quantitative estimate of drug-likeness (QED) is 0.303. The molecular weight excluding hydrogens is 251 g/mol. The van der Waals surface area contributed by atoms with Gasteiger partial charge < -0.3 is 9.11 Å². The molecule has 0 unspecified atom stereocenters. The van der Waals surface area contributed by atoms with Crippen LogP contribution in [0, 0.1) is 0 Å². The molecule has 0 aromatic heterocycles. The monoisotopic (exact) mass is 252 g/mol. The van der Waals surface area contributed by atoms with Gasteiger partial charge in [0.2, 0.25) is 0 Å². The van der Waals surface area contributed by atoms with E-state index in [1.807, 2.05) is 0 Å². The molecular formula is MoNiO4S.